The Morgan fingerprint density at radius 3 is 2.21 bits per heavy atom. The number of ether oxygens (including phenoxy) is 3. The average molecular weight is 383 g/mol. The molecule has 6 nitrogen and oxygen atoms in total. The summed E-state index contributed by atoms with van der Waals surface area (Å²) in [6.45, 7) is 1.38. The predicted octanol–water partition coefficient (Wildman–Crippen LogP) is 3.61. The Bertz CT molecular complexity index is 815. The van der Waals surface area contributed by atoms with Gasteiger partial charge in [-0.25, -0.2) is 4.79 Å². The van der Waals surface area contributed by atoms with Crippen molar-refractivity contribution in [3.8, 4) is 11.5 Å². The predicted molar refractivity (Wildman–Crippen MR) is 105 cm³/mol. The van der Waals surface area contributed by atoms with E-state index in [0.29, 0.717) is 35.7 Å². The van der Waals surface area contributed by atoms with Crippen molar-refractivity contribution in [2.24, 2.45) is 0 Å². The van der Waals surface area contributed by atoms with Crippen LogP contribution >= 0.6 is 0 Å². The van der Waals surface area contributed by atoms with Gasteiger partial charge in [-0.3, -0.25) is 4.79 Å². The maximum atomic E-state index is 13.1. The fourth-order valence-corrected chi connectivity index (χ4v) is 3.31. The summed E-state index contributed by atoms with van der Waals surface area (Å²) in [7, 11) is 3.03. The summed E-state index contributed by atoms with van der Waals surface area (Å²) in [5.41, 5.74) is 0.955. The normalized spacial score (nSPS) is 14.9. The van der Waals surface area contributed by atoms with Gasteiger partial charge >= 0.3 is 5.97 Å². The lowest BCUT2D eigenvalue weighted by Gasteiger charge is -2.30. The highest BCUT2D eigenvalue weighted by Crippen LogP contribution is 2.29. The molecule has 3 rings (SSSR count). The van der Waals surface area contributed by atoms with Gasteiger partial charge in [0.25, 0.3) is 5.91 Å². The smallest absolute Gasteiger partial charge is 0.339 e. The maximum absolute atomic E-state index is 13.1. The quantitative estimate of drug-likeness (QED) is 0.713. The Balaban J connectivity index is 1.84. The second-order valence-corrected chi connectivity index (χ2v) is 6.65. The van der Waals surface area contributed by atoms with Gasteiger partial charge in [-0.05, 0) is 37.5 Å². The lowest BCUT2D eigenvalue weighted by Crippen LogP contribution is -2.40. The van der Waals surface area contributed by atoms with Gasteiger partial charge in [0, 0.05) is 18.7 Å². The molecule has 1 fully saturated rings. The molecular weight excluding hydrogens is 358 g/mol. The molecule has 0 N–H and O–H groups in total. The van der Waals surface area contributed by atoms with Crippen molar-refractivity contribution in [1.82, 2.24) is 4.90 Å². The Kier molecular flexibility index (Phi) is 6.53. The second kappa shape index (κ2) is 9.26. The van der Waals surface area contributed by atoms with E-state index in [2.05, 4.69) is 0 Å². The summed E-state index contributed by atoms with van der Waals surface area (Å²) >= 11 is 0. The molecule has 1 heterocycles. The van der Waals surface area contributed by atoms with Crippen LogP contribution in [0.25, 0.3) is 0 Å². The Morgan fingerprint density at radius 2 is 1.57 bits per heavy atom. The summed E-state index contributed by atoms with van der Waals surface area (Å²) < 4.78 is 16.1. The number of likely N-dealkylation sites (tertiary alicyclic amines) is 1. The van der Waals surface area contributed by atoms with Gasteiger partial charge in [-0.1, -0.05) is 30.3 Å². The zero-order valence-corrected chi connectivity index (χ0v) is 16.2. The van der Waals surface area contributed by atoms with Gasteiger partial charge in [-0.2, -0.15) is 0 Å². The first-order chi connectivity index (χ1) is 13.6. The van der Waals surface area contributed by atoms with Crippen molar-refractivity contribution < 1.29 is 23.8 Å². The van der Waals surface area contributed by atoms with E-state index in [9.17, 15) is 9.59 Å². The fourth-order valence-electron chi connectivity index (χ4n) is 3.31. The van der Waals surface area contributed by atoms with E-state index in [1.165, 1.54) is 14.2 Å². The molecular formula is C22H25NO5. The molecule has 2 aromatic rings. The molecule has 148 valence electrons. The van der Waals surface area contributed by atoms with Crippen molar-refractivity contribution in [3.05, 3.63) is 59.7 Å². The van der Waals surface area contributed by atoms with Gasteiger partial charge in [0.2, 0.25) is 6.10 Å². The maximum Gasteiger partial charge on any atom is 0.339 e. The fraction of sp³-hybridized carbons (Fsp3) is 0.364. The first-order valence-corrected chi connectivity index (χ1v) is 9.40. The van der Waals surface area contributed by atoms with Crippen LogP contribution in [0.1, 0.15) is 41.3 Å². The molecule has 1 aliphatic rings. The second-order valence-electron chi connectivity index (χ2n) is 6.65. The minimum atomic E-state index is -0.972. The first kappa shape index (κ1) is 19.7. The molecule has 1 aliphatic heterocycles. The summed E-state index contributed by atoms with van der Waals surface area (Å²) in [4.78, 5) is 27.7. The number of carbonyl (C=O) groups excluding carboxylic acids is 2. The monoisotopic (exact) mass is 383 g/mol. The molecule has 0 bridgehead atoms. The van der Waals surface area contributed by atoms with E-state index < -0.39 is 12.1 Å². The number of carbonyl (C=O) groups is 2. The van der Waals surface area contributed by atoms with Crippen LogP contribution in [0.3, 0.4) is 0 Å². The lowest BCUT2D eigenvalue weighted by molar-refractivity contribution is -0.142. The molecule has 1 amide bonds. The number of methoxy groups -OCH3 is 2. The molecule has 0 saturated carbocycles. The van der Waals surface area contributed by atoms with Crippen molar-refractivity contribution in [2.45, 2.75) is 25.4 Å². The molecule has 1 atom stereocenters. The van der Waals surface area contributed by atoms with Crippen molar-refractivity contribution in [2.75, 3.05) is 27.3 Å². The third-order valence-corrected chi connectivity index (χ3v) is 4.84. The van der Waals surface area contributed by atoms with E-state index in [1.54, 1.807) is 35.2 Å². The van der Waals surface area contributed by atoms with Crippen LogP contribution in [0.5, 0.6) is 11.5 Å². The molecule has 0 aromatic heterocycles. The Morgan fingerprint density at radius 1 is 0.893 bits per heavy atom. The van der Waals surface area contributed by atoms with E-state index in [4.69, 9.17) is 14.2 Å². The van der Waals surface area contributed by atoms with Gasteiger partial charge in [0.15, 0.2) is 11.5 Å². The lowest BCUT2D eigenvalue weighted by atomic mass is 10.1. The van der Waals surface area contributed by atoms with Crippen LogP contribution < -0.4 is 9.47 Å². The number of hydrogen-bond acceptors (Lipinski definition) is 5. The zero-order chi connectivity index (χ0) is 19.9. The van der Waals surface area contributed by atoms with E-state index in [0.717, 1.165) is 19.3 Å². The van der Waals surface area contributed by atoms with Crippen LogP contribution in [-0.4, -0.2) is 44.1 Å². The number of nitrogens with zero attached hydrogens (tertiary/aromatic N) is 1. The topological polar surface area (TPSA) is 65.1 Å². The first-order valence-electron chi connectivity index (χ1n) is 9.40. The van der Waals surface area contributed by atoms with Crippen LogP contribution in [0.15, 0.2) is 48.5 Å². The summed E-state index contributed by atoms with van der Waals surface area (Å²) in [5, 5.41) is 0. The number of amides is 1. The highest BCUT2D eigenvalue weighted by Gasteiger charge is 2.30. The van der Waals surface area contributed by atoms with Crippen molar-refractivity contribution in [1.29, 1.82) is 0 Å². The number of rotatable bonds is 6. The molecule has 28 heavy (non-hydrogen) atoms. The van der Waals surface area contributed by atoms with Gasteiger partial charge in [0.1, 0.15) is 0 Å². The van der Waals surface area contributed by atoms with Crippen LogP contribution in [-0.2, 0) is 9.53 Å². The Labute approximate surface area is 165 Å². The number of piperidine rings is 1. The summed E-state index contributed by atoms with van der Waals surface area (Å²) in [5.74, 6) is 0.179. The highest BCUT2D eigenvalue weighted by atomic mass is 16.5. The molecule has 0 unspecified atom stereocenters. The van der Waals surface area contributed by atoms with Crippen LogP contribution in [0.2, 0.25) is 0 Å². The molecule has 0 aliphatic carbocycles. The van der Waals surface area contributed by atoms with Gasteiger partial charge in [0.05, 0.1) is 19.8 Å². The molecule has 0 radical (unpaired) electrons. The third kappa shape index (κ3) is 4.44. The van der Waals surface area contributed by atoms with E-state index >= 15 is 0 Å². The molecule has 0 spiro atoms. The van der Waals surface area contributed by atoms with Crippen LogP contribution in [0.4, 0.5) is 0 Å². The molecule has 6 heteroatoms. The van der Waals surface area contributed by atoms with Gasteiger partial charge in [-0.15, -0.1) is 0 Å². The van der Waals surface area contributed by atoms with Crippen molar-refractivity contribution >= 4 is 11.9 Å². The van der Waals surface area contributed by atoms with E-state index in [-0.39, 0.29) is 5.91 Å². The standard InChI is InChI=1S/C22H25NO5/c1-26-18-12-11-17(15-19(18)27-2)22(25)28-20(16-9-5-3-6-10-16)21(24)23-13-7-4-8-14-23/h3,5-6,9-12,15,20H,4,7-8,13-14H2,1-2H3/t20-/m0/s1. The molecule has 2 aromatic carbocycles. The van der Waals surface area contributed by atoms with Gasteiger partial charge < -0.3 is 19.1 Å². The number of hydrogen-bond donors (Lipinski definition) is 0. The highest BCUT2D eigenvalue weighted by molar-refractivity contribution is 5.93. The van der Waals surface area contributed by atoms with E-state index in [1.807, 2.05) is 18.2 Å². The van der Waals surface area contributed by atoms with Crippen LogP contribution in [0, 0.1) is 0 Å². The SMILES string of the molecule is COc1ccc(C(=O)O[C@H](C(=O)N2CCCCC2)c2ccccc2)cc1OC. The minimum Gasteiger partial charge on any atom is -0.493 e. The zero-order valence-electron chi connectivity index (χ0n) is 16.2. The summed E-state index contributed by atoms with van der Waals surface area (Å²) in [6, 6.07) is 13.9. The van der Waals surface area contributed by atoms with Crippen molar-refractivity contribution in [3.63, 3.8) is 0 Å². The largest absolute Gasteiger partial charge is 0.493 e. The third-order valence-electron chi connectivity index (χ3n) is 4.84. The number of esters is 1. The average Bonchev–Trinajstić information content (AvgIpc) is 2.77. The number of benzene rings is 2. The molecule has 1 saturated heterocycles. The Hall–Kier alpha value is -3.02. The summed E-state index contributed by atoms with van der Waals surface area (Å²) in [6.07, 6.45) is 2.08. The minimum absolute atomic E-state index is 0.181.